The van der Waals surface area contributed by atoms with Crippen LogP contribution in [-0.4, -0.2) is 23.6 Å². The largest absolute Gasteiger partial charge is 0.482 e. The number of aliphatic carboxylic acids is 1. The Hall–Kier alpha value is -2.82. The third-order valence-corrected chi connectivity index (χ3v) is 4.46. The van der Waals surface area contributed by atoms with E-state index in [-0.39, 0.29) is 5.91 Å². The van der Waals surface area contributed by atoms with Crippen LogP contribution in [0, 0.1) is 6.92 Å². The molecule has 0 saturated carbocycles. The smallest absolute Gasteiger partial charge is 0.341 e. The van der Waals surface area contributed by atoms with Gasteiger partial charge in [0.05, 0.1) is 5.41 Å². The van der Waals surface area contributed by atoms with Crippen LogP contribution in [0.25, 0.3) is 0 Å². The highest BCUT2D eigenvalue weighted by Crippen LogP contribution is 2.28. The fraction of sp³-hybridized carbons (Fsp3) is 0.333. The first-order valence-electron chi connectivity index (χ1n) is 8.60. The second-order valence-electron chi connectivity index (χ2n) is 6.79. The molecule has 1 amide bonds. The van der Waals surface area contributed by atoms with Crippen molar-refractivity contribution in [3.63, 3.8) is 0 Å². The van der Waals surface area contributed by atoms with Crippen molar-refractivity contribution >= 4 is 17.6 Å². The SMILES string of the molecule is CCc1ccc(C(C)(C)C(=O)Nc2ccc(OCC(=O)O)cc2C)cc1. The molecule has 0 fully saturated rings. The summed E-state index contributed by atoms with van der Waals surface area (Å²) in [6, 6.07) is 13.2. The number of rotatable bonds is 7. The minimum atomic E-state index is -1.03. The standard InChI is InChI=1S/C21H25NO4/c1-5-15-6-8-16(9-7-15)21(3,4)20(25)22-18-11-10-17(12-14(18)2)26-13-19(23)24/h6-12H,5,13H2,1-4H3,(H,22,25)(H,23,24). The zero-order valence-electron chi connectivity index (χ0n) is 15.6. The predicted molar refractivity (Wildman–Crippen MR) is 102 cm³/mol. The first kappa shape index (κ1) is 19.5. The van der Waals surface area contributed by atoms with E-state index in [9.17, 15) is 9.59 Å². The van der Waals surface area contributed by atoms with E-state index in [4.69, 9.17) is 9.84 Å². The highest BCUT2D eigenvalue weighted by Gasteiger charge is 2.30. The predicted octanol–water partition coefficient (Wildman–Crippen LogP) is 3.94. The van der Waals surface area contributed by atoms with Crippen molar-refractivity contribution in [3.8, 4) is 5.75 Å². The Balaban J connectivity index is 2.13. The molecule has 2 rings (SSSR count). The van der Waals surface area contributed by atoms with Gasteiger partial charge in [-0.2, -0.15) is 0 Å². The molecule has 0 heterocycles. The van der Waals surface area contributed by atoms with E-state index in [1.165, 1.54) is 5.56 Å². The molecule has 5 heteroatoms. The fourth-order valence-corrected chi connectivity index (χ4v) is 2.58. The highest BCUT2D eigenvalue weighted by molar-refractivity contribution is 5.99. The van der Waals surface area contributed by atoms with E-state index in [2.05, 4.69) is 12.2 Å². The van der Waals surface area contributed by atoms with Gasteiger partial charge in [0.2, 0.25) is 5.91 Å². The number of carbonyl (C=O) groups excluding carboxylic acids is 1. The summed E-state index contributed by atoms with van der Waals surface area (Å²) in [5, 5.41) is 11.6. The van der Waals surface area contributed by atoms with Crippen LogP contribution in [0.15, 0.2) is 42.5 Å². The second kappa shape index (κ2) is 8.04. The number of hydrogen-bond donors (Lipinski definition) is 2. The molecule has 26 heavy (non-hydrogen) atoms. The lowest BCUT2D eigenvalue weighted by Gasteiger charge is -2.25. The summed E-state index contributed by atoms with van der Waals surface area (Å²) in [6.45, 7) is 7.32. The molecule has 0 radical (unpaired) electrons. The lowest BCUT2D eigenvalue weighted by molar-refractivity contribution is -0.139. The van der Waals surface area contributed by atoms with Crippen LogP contribution in [-0.2, 0) is 21.4 Å². The molecule has 0 aliphatic rings. The number of carboxylic acids is 1. The van der Waals surface area contributed by atoms with Crippen LogP contribution in [0.1, 0.15) is 37.5 Å². The van der Waals surface area contributed by atoms with Crippen molar-refractivity contribution in [1.82, 2.24) is 0 Å². The van der Waals surface area contributed by atoms with Crippen LogP contribution in [0.5, 0.6) is 5.75 Å². The van der Waals surface area contributed by atoms with Gasteiger partial charge in [0.25, 0.3) is 0 Å². The Labute approximate surface area is 154 Å². The number of nitrogens with one attached hydrogen (secondary N) is 1. The van der Waals surface area contributed by atoms with Crippen LogP contribution < -0.4 is 10.1 Å². The normalized spacial score (nSPS) is 11.1. The average Bonchev–Trinajstić information content (AvgIpc) is 2.61. The number of anilines is 1. The molecule has 0 saturated heterocycles. The average molecular weight is 355 g/mol. The van der Waals surface area contributed by atoms with Crippen LogP contribution in [0.3, 0.4) is 0 Å². The monoisotopic (exact) mass is 355 g/mol. The van der Waals surface area contributed by atoms with E-state index in [1.807, 2.05) is 45.0 Å². The quantitative estimate of drug-likeness (QED) is 0.789. The van der Waals surface area contributed by atoms with Gasteiger partial charge in [0.1, 0.15) is 5.75 Å². The number of amides is 1. The van der Waals surface area contributed by atoms with Crippen molar-refractivity contribution in [2.75, 3.05) is 11.9 Å². The first-order valence-corrected chi connectivity index (χ1v) is 8.60. The number of hydrogen-bond acceptors (Lipinski definition) is 3. The first-order chi connectivity index (χ1) is 12.2. The van der Waals surface area contributed by atoms with E-state index < -0.39 is 18.0 Å². The van der Waals surface area contributed by atoms with E-state index in [0.717, 1.165) is 17.5 Å². The molecular formula is C21H25NO4. The summed E-state index contributed by atoms with van der Waals surface area (Å²) in [5.74, 6) is -0.683. The minimum absolute atomic E-state index is 0.107. The number of aryl methyl sites for hydroxylation is 2. The maximum Gasteiger partial charge on any atom is 0.341 e. The molecule has 2 aromatic carbocycles. The molecular weight excluding hydrogens is 330 g/mol. The zero-order valence-corrected chi connectivity index (χ0v) is 15.6. The molecule has 5 nitrogen and oxygen atoms in total. The highest BCUT2D eigenvalue weighted by atomic mass is 16.5. The lowest BCUT2D eigenvalue weighted by Crippen LogP contribution is -2.34. The molecule has 138 valence electrons. The van der Waals surface area contributed by atoms with Crippen molar-refractivity contribution in [2.24, 2.45) is 0 Å². The van der Waals surface area contributed by atoms with E-state index >= 15 is 0 Å². The van der Waals surface area contributed by atoms with E-state index in [1.54, 1.807) is 18.2 Å². The molecule has 2 N–H and O–H groups in total. The van der Waals surface area contributed by atoms with Gasteiger partial charge in [-0.1, -0.05) is 31.2 Å². The maximum absolute atomic E-state index is 12.8. The van der Waals surface area contributed by atoms with Gasteiger partial charge in [-0.25, -0.2) is 4.79 Å². The lowest BCUT2D eigenvalue weighted by atomic mass is 9.83. The Kier molecular flexibility index (Phi) is 6.03. The van der Waals surface area contributed by atoms with Gasteiger partial charge in [-0.05, 0) is 62.1 Å². The number of carbonyl (C=O) groups is 2. The van der Waals surface area contributed by atoms with Gasteiger partial charge >= 0.3 is 5.97 Å². The maximum atomic E-state index is 12.8. The summed E-state index contributed by atoms with van der Waals surface area (Å²) < 4.78 is 5.15. The van der Waals surface area contributed by atoms with Crippen LogP contribution in [0.2, 0.25) is 0 Å². The molecule has 0 aliphatic heterocycles. The second-order valence-corrected chi connectivity index (χ2v) is 6.79. The zero-order chi connectivity index (χ0) is 19.3. The summed E-state index contributed by atoms with van der Waals surface area (Å²) >= 11 is 0. The Bertz CT molecular complexity index is 794. The molecule has 0 aliphatic carbocycles. The summed E-state index contributed by atoms with van der Waals surface area (Å²) in [7, 11) is 0. The summed E-state index contributed by atoms with van der Waals surface area (Å²) in [4.78, 5) is 23.4. The van der Waals surface area contributed by atoms with Gasteiger partial charge in [0, 0.05) is 5.69 Å². The van der Waals surface area contributed by atoms with E-state index in [0.29, 0.717) is 11.4 Å². The van der Waals surface area contributed by atoms with Crippen molar-refractivity contribution in [2.45, 2.75) is 39.5 Å². The number of benzene rings is 2. The molecule has 2 aromatic rings. The topological polar surface area (TPSA) is 75.6 Å². The Morgan fingerprint density at radius 1 is 1.12 bits per heavy atom. The van der Waals surface area contributed by atoms with Gasteiger partial charge < -0.3 is 15.2 Å². The molecule has 0 bridgehead atoms. The van der Waals surface area contributed by atoms with Gasteiger partial charge in [-0.15, -0.1) is 0 Å². The molecule has 0 spiro atoms. The Morgan fingerprint density at radius 3 is 2.31 bits per heavy atom. The van der Waals surface area contributed by atoms with Crippen LogP contribution >= 0.6 is 0 Å². The van der Waals surface area contributed by atoms with Crippen molar-refractivity contribution < 1.29 is 19.4 Å². The van der Waals surface area contributed by atoms with Gasteiger partial charge in [0.15, 0.2) is 6.61 Å². The minimum Gasteiger partial charge on any atom is -0.482 e. The third kappa shape index (κ3) is 4.63. The summed E-state index contributed by atoms with van der Waals surface area (Å²) in [6.07, 6.45) is 0.961. The number of ether oxygens (including phenoxy) is 1. The van der Waals surface area contributed by atoms with Crippen molar-refractivity contribution in [1.29, 1.82) is 0 Å². The fourth-order valence-electron chi connectivity index (χ4n) is 2.58. The molecule has 0 atom stereocenters. The summed E-state index contributed by atoms with van der Waals surface area (Å²) in [5.41, 5.74) is 2.98. The van der Waals surface area contributed by atoms with Crippen LogP contribution in [0.4, 0.5) is 5.69 Å². The third-order valence-electron chi connectivity index (χ3n) is 4.46. The van der Waals surface area contributed by atoms with Gasteiger partial charge in [-0.3, -0.25) is 4.79 Å². The molecule has 0 aromatic heterocycles. The number of carboxylic acid groups (broad SMARTS) is 1. The molecule has 0 unspecified atom stereocenters. The Morgan fingerprint density at radius 2 is 1.77 bits per heavy atom. The van der Waals surface area contributed by atoms with Crippen molar-refractivity contribution in [3.05, 3.63) is 59.2 Å².